The molecule has 0 N–H and O–H groups in total. The summed E-state index contributed by atoms with van der Waals surface area (Å²) in [5.74, 6) is 1.57. The van der Waals surface area contributed by atoms with Gasteiger partial charge in [-0.25, -0.2) is 14.8 Å². The number of aromatic nitrogens is 2. The Balaban J connectivity index is 1.45. The molecule has 32 heavy (non-hydrogen) atoms. The Morgan fingerprint density at radius 2 is 1.75 bits per heavy atom. The summed E-state index contributed by atoms with van der Waals surface area (Å²) in [6, 6.07) is 7.87. The van der Waals surface area contributed by atoms with Crippen LogP contribution in [0.3, 0.4) is 0 Å². The van der Waals surface area contributed by atoms with Gasteiger partial charge in [0, 0.05) is 38.8 Å². The van der Waals surface area contributed by atoms with E-state index in [9.17, 15) is 9.59 Å². The highest BCUT2D eigenvalue weighted by molar-refractivity contribution is 5.98. The van der Waals surface area contributed by atoms with Crippen molar-refractivity contribution in [2.24, 2.45) is 0 Å². The van der Waals surface area contributed by atoms with Crippen LogP contribution in [-0.4, -0.2) is 65.6 Å². The molecule has 0 radical (unpaired) electrons. The summed E-state index contributed by atoms with van der Waals surface area (Å²) in [6.07, 6.45) is 2.51. The van der Waals surface area contributed by atoms with Crippen LogP contribution in [0.4, 0.5) is 10.7 Å². The third-order valence-corrected chi connectivity index (χ3v) is 5.83. The van der Waals surface area contributed by atoms with Gasteiger partial charge in [0.1, 0.15) is 11.4 Å². The van der Waals surface area contributed by atoms with Crippen LogP contribution in [-0.2, 0) is 11.2 Å². The van der Waals surface area contributed by atoms with Crippen molar-refractivity contribution in [3.05, 3.63) is 47.3 Å². The van der Waals surface area contributed by atoms with Crippen LogP contribution in [0.1, 0.15) is 54.7 Å². The molecule has 8 heteroatoms. The average Bonchev–Trinajstić information content (AvgIpc) is 2.77. The normalized spacial score (nSPS) is 18.9. The molecule has 0 saturated carbocycles. The maximum absolute atomic E-state index is 12.7. The van der Waals surface area contributed by atoms with Gasteiger partial charge in [-0.1, -0.05) is 12.1 Å². The molecule has 1 aliphatic carbocycles. The van der Waals surface area contributed by atoms with Gasteiger partial charge >= 0.3 is 6.09 Å². The first-order valence-corrected chi connectivity index (χ1v) is 11.0. The lowest BCUT2D eigenvalue weighted by Crippen LogP contribution is -2.50. The SMILES string of the molecule is COc1ccc(C2CC(=O)c3cnc(N4CCN(C(=O)OC(C)(C)C)CC4)nc3C2)cc1. The number of nitrogens with zero attached hydrogens (tertiary/aromatic N) is 4. The van der Waals surface area contributed by atoms with E-state index in [0.29, 0.717) is 50.5 Å². The van der Waals surface area contributed by atoms with Crippen LogP contribution in [0.25, 0.3) is 0 Å². The molecular weight excluding hydrogens is 408 g/mol. The lowest BCUT2D eigenvalue weighted by molar-refractivity contribution is 0.0240. The summed E-state index contributed by atoms with van der Waals surface area (Å²) < 4.78 is 10.7. The Morgan fingerprint density at radius 1 is 1.06 bits per heavy atom. The van der Waals surface area contributed by atoms with Crippen LogP contribution in [0, 0.1) is 0 Å². The number of ketones is 1. The van der Waals surface area contributed by atoms with E-state index in [1.807, 2.05) is 45.0 Å². The summed E-state index contributed by atoms with van der Waals surface area (Å²) >= 11 is 0. The molecule has 1 aromatic carbocycles. The highest BCUT2D eigenvalue weighted by Crippen LogP contribution is 2.33. The molecule has 2 aromatic rings. The van der Waals surface area contributed by atoms with Crippen molar-refractivity contribution in [2.75, 3.05) is 38.2 Å². The van der Waals surface area contributed by atoms with E-state index < -0.39 is 5.60 Å². The topological polar surface area (TPSA) is 84.9 Å². The van der Waals surface area contributed by atoms with E-state index in [0.717, 1.165) is 17.0 Å². The van der Waals surface area contributed by atoms with Crippen molar-refractivity contribution in [3.63, 3.8) is 0 Å². The number of carbonyl (C=O) groups excluding carboxylic acids is 2. The fourth-order valence-corrected chi connectivity index (χ4v) is 4.11. The summed E-state index contributed by atoms with van der Waals surface area (Å²) in [6.45, 7) is 7.92. The van der Waals surface area contributed by atoms with Gasteiger partial charge in [0.25, 0.3) is 0 Å². The van der Waals surface area contributed by atoms with Crippen LogP contribution < -0.4 is 9.64 Å². The monoisotopic (exact) mass is 438 g/mol. The summed E-state index contributed by atoms with van der Waals surface area (Å²) in [5.41, 5.74) is 2.01. The summed E-state index contributed by atoms with van der Waals surface area (Å²) in [4.78, 5) is 38.0. The Morgan fingerprint density at radius 3 is 2.38 bits per heavy atom. The summed E-state index contributed by atoms with van der Waals surface area (Å²) in [5, 5.41) is 0. The second-order valence-corrected chi connectivity index (χ2v) is 9.29. The Kier molecular flexibility index (Phi) is 6.04. The fraction of sp³-hybridized carbons (Fsp3) is 0.500. The van der Waals surface area contributed by atoms with E-state index in [-0.39, 0.29) is 17.8 Å². The lowest BCUT2D eigenvalue weighted by atomic mass is 9.82. The molecule has 0 spiro atoms. The second kappa shape index (κ2) is 8.76. The van der Waals surface area contributed by atoms with E-state index in [4.69, 9.17) is 14.5 Å². The number of carbonyl (C=O) groups is 2. The summed E-state index contributed by atoms with van der Waals surface area (Å²) in [7, 11) is 1.64. The molecule has 1 atom stereocenters. The first kappa shape index (κ1) is 22.0. The molecule has 1 amide bonds. The minimum atomic E-state index is -0.511. The second-order valence-electron chi connectivity index (χ2n) is 9.29. The van der Waals surface area contributed by atoms with Gasteiger partial charge in [0.15, 0.2) is 5.78 Å². The van der Waals surface area contributed by atoms with Gasteiger partial charge in [0.2, 0.25) is 5.95 Å². The molecule has 8 nitrogen and oxygen atoms in total. The third kappa shape index (κ3) is 4.84. The molecule has 1 fully saturated rings. The van der Waals surface area contributed by atoms with E-state index in [1.165, 1.54) is 0 Å². The molecule has 1 aliphatic heterocycles. The van der Waals surface area contributed by atoms with Crippen molar-refractivity contribution in [3.8, 4) is 5.75 Å². The number of benzene rings is 1. The Bertz CT molecular complexity index is 992. The first-order chi connectivity index (χ1) is 15.2. The molecule has 1 saturated heterocycles. The average molecular weight is 439 g/mol. The molecule has 4 rings (SSSR count). The van der Waals surface area contributed by atoms with Crippen molar-refractivity contribution in [1.82, 2.24) is 14.9 Å². The minimum Gasteiger partial charge on any atom is -0.497 e. The largest absolute Gasteiger partial charge is 0.497 e. The van der Waals surface area contributed by atoms with Crippen LogP contribution in [0.15, 0.2) is 30.5 Å². The zero-order valence-corrected chi connectivity index (χ0v) is 19.1. The molecule has 2 aliphatic rings. The van der Waals surface area contributed by atoms with E-state index in [1.54, 1.807) is 18.2 Å². The number of amides is 1. The van der Waals surface area contributed by atoms with Crippen molar-refractivity contribution < 1.29 is 19.1 Å². The number of hydrogen-bond donors (Lipinski definition) is 0. The van der Waals surface area contributed by atoms with Gasteiger partial charge < -0.3 is 19.3 Å². The lowest BCUT2D eigenvalue weighted by Gasteiger charge is -2.36. The number of hydrogen-bond acceptors (Lipinski definition) is 7. The van der Waals surface area contributed by atoms with Gasteiger partial charge in [-0.15, -0.1) is 0 Å². The number of piperazine rings is 1. The predicted molar refractivity (Wildman–Crippen MR) is 120 cm³/mol. The molecule has 2 heterocycles. The number of methoxy groups -OCH3 is 1. The smallest absolute Gasteiger partial charge is 0.410 e. The first-order valence-electron chi connectivity index (χ1n) is 11.0. The number of rotatable bonds is 3. The predicted octanol–water partition coefficient (Wildman–Crippen LogP) is 3.46. The molecule has 1 aromatic heterocycles. The quantitative estimate of drug-likeness (QED) is 0.726. The van der Waals surface area contributed by atoms with Crippen molar-refractivity contribution >= 4 is 17.8 Å². The minimum absolute atomic E-state index is 0.0772. The molecular formula is C24H30N4O4. The third-order valence-electron chi connectivity index (χ3n) is 5.83. The zero-order valence-electron chi connectivity index (χ0n) is 19.1. The van der Waals surface area contributed by atoms with Crippen molar-refractivity contribution in [2.45, 2.75) is 45.1 Å². The van der Waals surface area contributed by atoms with Crippen LogP contribution >= 0.6 is 0 Å². The Labute approximate surface area is 188 Å². The zero-order chi connectivity index (χ0) is 22.9. The number of anilines is 1. The number of Topliss-reactive ketones (excluding diaryl/α,β-unsaturated/α-hetero) is 1. The maximum Gasteiger partial charge on any atom is 0.410 e. The van der Waals surface area contributed by atoms with Crippen LogP contribution in [0.5, 0.6) is 5.75 Å². The van der Waals surface area contributed by atoms with E-state index >= 15 is 0 Å². The Hall–Kier alpha value is -3.16. The highest BCUT2D eigenvalue weighted by Gasteiger charge is 2.30. The highest BCUT2D eigenvalue weighted by atomic mass is 16.6. The standard InChI is InChI=1S/C24H30N4O4/c1-24(2,3)32-23(30)28-11-9-27(10-12-28)22-25-15-19-20(26-22)13-17(14-21(19)29)16-5-7-18(31-4)8-6-16/h5-8,15,17H,9-14H2,1-4H3. The molecule has 0 bridgehead atoms. The number of fused-ring (bicyclic) bond motifs is 1. The molecule has 170 valence electrons. The maximum atomic E-state index is 12.7. The van der Waals surface area contributed by atoms with Gasteiger partial charge in [-0.3, -0.25) is 4.79 Å². The molecule has 1 unspecified atom stereocenters. The fourth-order valence-electron chi connectivity index (χ4n) is 4.11. The van der Waals surface area contributed by atoms with Gasteiger partial charge in [-0.05, 0) is 50.8 Å². The van der Waals surface area contributed by atoms with Crippen molar-refractivity contribution in [1.29, 1.82) is 0 Å². The van der Waals surface area contributed by atoms with E-state index in [2.05, 4.69) is 9.88 Å². The van der Waals surface area contributed by atoms with Gasteiger partial charge in [0.05, 0.1) is 18.4 Å². The van der Waals surface area contributed by atoms with Crippen LogP contribution in [0.2, 0.25) is 0 Å². The number of ether oxygens (including phenoxy) is 2. The van der Waals surface area contributed by atoms with Gasteiger partial charge in [-0.2, -0.15) is 0 Å².